The van der Waals surface area contributed by atoms with Crippen molar-refractivity contribution in [3.05, 3.63) is 72.6 Å². The van der Waals surface area contributed by atoms with E-state index in [1.807, 2.05) is 54.3 Å². The molecule has 0 fully saturated rings. The predicted octanol–water partition coefficient (Wildman–Crippen LogP) is 4.48. The summed E-state index contributed by atoms with van der Waals surface area (Å²) in [6.45, 7) is 2.09. The van der Waals surface area contributed by atoms with Gasteiger partial charge in [0.2, 0.25) is 0 Å². The molecule has 0 saturated heterocycles. The number of hydrogen-bond acceptors (Lipinski definition) is 4. The minimum Gasteiger partial charge on any atom is -0.497 e. The molecule has 0 N–H and O–H groups in total. The van der Waals surface area contributed by atoms with Crippen molar-refractivity contribution in [3.63, 3.8) is 0 Å². The van der Waals surface area contributed by atoms with E-state index >= 15 is 0 Å². The number of aromatic nitrogens is 3. The van der Waals surface area contributed by atoms with Crippen molar-refractivity contribution in [3.8, 4) is 16.9 Å². The van der Waals surface area contributed by atoms with Crippen molar-refractivity contribution < 1.29 is 4.74 Å². The molecule has 0 saturated carbocycles. The molecule has 0 bridgehead atoms. The Morgan fingerprint density at radius 3 is 2.69 bits per heavy atom. The molecule has 2 heterocycles. The van der Waals surface area contributed by atoms with Crippen molar-refractivity contribution in [1.82, 2.24) is 14.6 Å². The number of ether oxygens (including phenoxy) is 1. The highest BCUT2D eigenvalue weighted by Gasteiger charge is 2.14. The summed E-state index contributed by atoms with van der Waals surface area (Å²) >= 11 is 0. The van der Waals surface area contributed by atoms with Crippen LogP contribution in [0.15, 0.2) is 67.0 Å². The molecule has 5 nitrogen and oxygen atoms in total. The van der Waals surface area contributed by atoms with Crippen LogP contribution in [0.2, 0.25) is 0 Å². The summed E-state index contributed by atoms with van der Waals surface area (Å²) < 4.78 is 7.21. The Labute approximate surface area is 152 Å². The maximum absolute atomic E-state index is 5.34. The monoisotopic (exact) mass is 344 g/mol. The van der Waals surface area contributed by atoms with Crippen LogP contribution in [0.25, 0.3) is 16.8 Å². The molecule has 0 unspecified atom stereocenters. The van der Waals surface area contributed by atoms with E-state index in [1.54, 1.807) is 7.11 Å². The molecule has 5 heteroatoms. The van der Waals surface area contributed by atoms with Gasteiger partial charge in [-0.05, 0) is 48.4 Å². The minimum absolute atomic E-state index is 0.815. The lowest BCUT2D eigenvalue weighted by Crippen LogP contribution is -2.14. The van der Waals surface area contributed by atoms with Crippen LogP contribution in [-0.2, 0) is 0 Å². The Hall–Kier alpha value is -3.34. The third-order valence-corrected chi connectivity index (χ3v) is 4.49. The van der Waals surface area contributed by atoms with Crippen molar-refractivity contribution in [2.45, 2.75) is 6.92 Å². The minimum atomic E-state index is 0.815. The lowest BCUT2D eigenvalue weighted by Gasteiger charge is -2.20. The number of hydrogen-bond donors (Lipinski definition) is 0. The number of anilines is 2. The Bertz CT molecular complexity index is 1070. The summed E-state index contributed by atoms with van der Waals surface area (Å²) in [4.78, 5) is 6.68. The molecule has 0 spiro atoms. The first kappa shape index (κ1) is 16.1. The molecule has 0 aliphatic rings. The fraction of sp³-hybridized carbons (Fsp3) is 0.143. The van der Waals surface area contributed by atoms with Crippen molar-refractivity contribution in [2.75, 3.05) is 19.1 Å². The number of rotatable bonds is 4. The molecule has 2 aromatic carbocycles. The van der Waals surface area contributed by atoms with E-state index < -0.39 is 0 Å². The molecule has 26 heavy (non-hydrogen) atoms. The lowest BCUT2D eigenvalue weighted by molar-refractivity contribution is 0.415. The normalized spacial score (nSPS) is 10.9. The highest BCUT2D eigenvalue weighted by atomic mass is 16.5. The zero-order valence-electron chi connectivity index (χ0n) is 15.0. The average Bonchev–Trinajstić information content (AvgIpc) is 3.11. The second-order valence-corrected chi connectivity index (χ2v) is 6.23. The van der Waals surface area contributed by atoms with E-state index in [2.05, 4.69) is 46.2 Å². The fourth-order valence-electron chi connectivity index (χ4n) is 3.10. The fourth-order valence-corrected chi connectivity index (χ4v) is 3.10. The van der Waals surface area contributed by atoms with Crippen molar-refractivity contribution >= 4 is 17.2 Å². The summed E-state index contributed by atoms with van der Waals surface area (Å²) in [7, 11) is 3.71. The van der Waals surface area contributed by atoms with Gasteiger partial charge in [-0.3, -0.25) is 0 Å². The highest BCUT2D eigenvalue weighted by Crippen LogP contribution is 2.30. The quantitative estimate of drug-likeness (QED) is 0.547. The summed E-state index contributed by atoms with van der Waals surface area (Å²) in [6.07, 6.45) is 3.67. The summed E-state index contributed by atoms with van der Waals surface area (Å²) in [6, 6.07) is 18.3. The first-order valence-electron chi connectivity index (χ1n) is 8.45. The molecule has 0 aliphatic carbocycles. The maximum Gasteiger partial charge on any atom is 0.165 e. The molecule has 0 aliphatic heterocycles. The van der Waals surface area contributed by atoms with E-state index in [0.29, 0.717) is 0 Å². The van der Waals surface area contributed by atoms with Gasteiger partial charge < -0.3 is 9.64 Å². The van der Waals surface area contributed by atoms with Crippen LogP contribution in [0.1, 0.15) is 5.56 Å². The molecule has 0 atom stereocenters. The van der Waals surface area contributed by atoms with Gasteiger partial charge in [0.15, 0.2) is 5.65 Å². The molecule has 130 valence electrons. The Kier molecular flexibility index (Phi) is 4.05. The van der Waals surface area contributed by atoms with Gasteiger partial charge in [0.1, 0.15) is 11.6 Å². The van der Waals surface area contributed by atoms with Gasteiger partial charge >= 0.3 is 0 Å². The standard InChI is InChI=1S/C21H20N4O/c1-15-6-4-8-17(12-15)24(2)20-10-11-22-21-19(14-23-25(20)21)16-7-5-9-18(13-16)26-3/h4-14H,1-3H3. The van der Waals surface area contributed by atoms with Crippen LogP contribution in [-0.4, -0.2) is 28.8 Å². The second kappa shape index (κ2) is 6.52. The zero-order valence-corrected chi connectivity index (χ0v) is 15.0. The second-order valence-electron chi connectivity index (χ2n) is 6.23. The molecule has 0 amide bonds. The van der Waals surface area contributed by atoms with Gasteiger partial charge in [0.25, 0.3) is 0 Å². The van der Waals surface area contributed by atoms with Crippen LogP contribution >= 0.6 is 0 Å². The van der Waals surface area contributed by atoms with Gasteiger partial charge in [0.05, 0.1) is 13.3 Å². The Morgan fingerprint density at radius 1 is 1.04 bits per heavy atom. The number of methoxy groups -OCH3 is 1. The van der Waals surface area contributed by atoms with E-state index in [9.17, 15) is 0 Å². The number of benzene rings is 2. The molecule has 2 aromatic heterocycles. The van der Waals surface area contributed by atoms with Gasteiger partial charge in [0, 0.05) is 24.5 Å². The van der Waals surface area contributed by atoms with Crippen LogP contribution < -0.4 is 9.64 Å². The number of fused-ring (bicyclic) bond motifs is 1. The Morgan fingerprint density at radius 2 is 1.88 bits per heavy atom. The molecule has 4 rings (SSSR count). The van der Waals surface area contributed by atoms with E-state index in [-0.39, 0.29) is 0 Å². The van der Waals surface area contributed by atoms with Crippen molar-refractivity contribution in [1.29, 1.82) is 0 Å². The SMILES string of the molecule is COc1cccc(-c2cnn3c(N(C)c4cccc(C)c4)ccnc23)c1. The highest BCUT2D eigenvalue weighted by molar-refractivity contribution is 5.79. The van der Waals surface area contributed by atoms with Gasteiger partial charge in [-0.25, -0.2) is 4.98 Å². The van der Waals surface area contributed by atoms with E-state index in [0.717, 1.165) is 34.0 Å². The average molecular weight is 344 g/mol. The number of aryl methyl sites for hydroxylation is 1. The van der Waals surface area contributed by atoms with E-state index in [4.69, 9.17) is 4.74 Å². The summed E-state index contributed by atoms with van der Waals surface area (Å²) in [5.74, 6) is 1.77. The number of nitrogens with zero attached hydrogens (tertiary/aromatic N) is 4. The molecular formula is C21H20N4O. The van der Waals surface area contributed by atoms with Gasteiger partial charge in [-0.15, -0.1) is 0 Å². The lowest BCUT2D eigenvalue weighted by atomic mass is 10.1. The molecule has 4 aromatic rings. The topological polar surface area (TPSA) is 42.7 Å². The van der Waals surface area contributed by atoms with Crippen LogP contribution in [0.4, 0.5) is 11.5 Å². The van der Waals surface area contributed by atoms with Gasteiger partial charge in [-0.2, -0.15) is 9.61 Å². The van der Waals surface area contributed by atoms with Crippen LogP contribution in [0.3, 0.4) is 0 Å². The zero-order chi connectivity index (χ0) is 18.1. The third-order valence-electron chi connectivity index (χ3n) is 4.49. The Balaban J connectivity index is 1.82. The first-order chi connectivity index (χ1) is 12.7. The molecular weight excluding hydrogens is 324 g/mol. The maximum atomic E-state index is 5.34. The summed E-state index contributed by atoms with van der Waals surface area (Å²) in [5, 5.41) is 4.59. The van der Waals surface area contributed by atoms with Crippen molar-refractivity contribution in [2.24, 2.45) is 0 Å². The summed E-state index contributed by atoms with van der Waals surface area (Å²) in [5.41, 5.74) is 5.15. The molecule has 0 radical (unpaired) electrons. The first-order valence-corrected chi connectivity index (χ1v) is 8.45. The van der Waals surface area contributed by atoms with Gasteiger partial charge in [-0.1, -0.05) is 24.3 Å². The van der Waals surface area contributed by atoms with E-state index in [1.165, 1.54) is 5.56 Å². The van der Waals surface area contributed by atoms with Crippen LogP contribution in [0.5, 0.6) is 5.75 Å². The smallest absolute Gasteiger partial charge is 0.165 e. The predicted molar refractivity (Wildman–Crippen MR) is 104 cm³/mol. The third kappa shape index (κ3) is 2.77. The van der Waals surface area contributed by atoms with Crippen LogP contribution in [0, 0.1) is 6.92 Å². The largest absolute Gasteiger partial charge is 0.497 e.